The van der Waals surface area contributed by atoms with E-state index in [-0.39, 0.29) is 25.1 Å². The third kappa shape index (κ3) is 6.05. The molecular formula is C10H18N2O3. The Labute approximate surface area is 90.6 Å². The second-order valence-corrected chi connectivity index (χ2v) is 3.32. The largest absolute Gasteiger partial charge is 0.382 e. The van der Waals surface area contributed by atoms with Gasteiger partial charge in [-0.05, 0) is 13.8 Å². The fourth-order valence-electron chi connectivity index (χ4n) is 1.02. The number of amides is 1. The summed E-state index contributed by atoms with van der Waals surface area (Å²) in [5, 5.41) is 8.54. The van der Waals surface area contributed by atoms with Gasteiger partial charge < -0.3 is 14.4 Å². The molecule has 0 aliphatic heterocycles. The van der Waals surface area contributed by atoms with Crippen LogP contribution in [0.5, 0.6) is 0 Å². The highest BCUT2D eigenvalue weighted by Gasteiger charge is 2.15. The molecule has 0 spiro atoms. The summed E-state index contributed by atoms with van der Waals surface area (Å²) < 4.78 is 9.86. The Kier molecular flexibility index (Phi) is 7.60. The van der Waals surface area contributed by atoms with Crippen molar-refractivity contribution in [1.29, 1.82) is 5.26 Å². The predicted octanol–water partition coefficient (Wildman–Crippen LogP) is 0.410. The van der Waals surface area contributed by atoms with Crippen LogP contribution in [0.4, 0.5) is 0 Å². The van der Waals surface area contributed by atoms with E-state index < -0.39 is 0 Å². The van der Waals surface area contributed by atoms with Gasteiger partial charge in [0.1, 0.15) is 13.2 Å². The van der Waals surface area contributed by atoms with E-state index in [1.165, 1.54) is 4.90 Å². The molecule has 0 saturated carbocycles. The summed E-state index contributed by atoms with van der Waals surface area (Å²) in [6.07, 6.45) is 0. The van der Waals surface area contributed by atoms with Crippen LogP contribution in [0, 0.1) is 11.3 Å². The second-order valence-electron chi connectivity index (χ2n) is 3.32. The summed E-state index contributed by atoms with van der Waals surface area (Å²) in [5.74, 6) is -0.164. The minimum Gasteiger partial charge on any atom is -0.382 e. The SMILES string of the molecule is COCCOCC(=O)N(CC#N)C(C)C. The molecule has 0 atom stereocenters. The van der Waals surface area contributed by atoms with E-state index >= 15 is 0 Å². The van der Waals surface area contributed by atoms with E-state index in [1.807, 2.05) is 19.9 Å². The minimum atomic E-state index is -0.164. The molecule has 0 saturated heterocycles. The Morgan fingerprint density at radius 1 is 1.47 bits per heavy atom. The van der Waals surface area contributed by atoms with Crippen molar-refractivity contribution in [2.45, 2.75) is 19.9 Å². The maximum atomic E-state index is 11.5. The van der Waals surface area contributed by atoms with Crippen molar-refractivity contribution in [2.24, 2.45) is 0 Å². The van der Waals surface area contributed by atoms with Gasteiger partial charge in [0.05, 0.1) is 19.3 Å². The van der Waals surface area contributed by atoms with Crippen molar-refractivity contribution in [1.82, 2.24) is 4.90 Å². The number of rotatable bonds is 7. The molecule has 86 valence electrons. The Hall–Kier alpha value is -1.12. The van der Waals surface area contributed by atoms with Crippen LogP contribution in [0.25, 0.3) is 0 Å². The van der Waals surface area contributed by atoms with Crippen LogP contribution < -0.4 is 0 Å². The number of hydrogen-bond donors (Lipinski definition) is 0. The molecule has 5 nitrogen and oxygen atoms in total. The maximum Gasteiger partial charge on any atom is 0.249 e. The number of carbonyl (C=O) groups excluding carboxylic acids is 1. The molecule has 0 aromatic heterocycles. The molecule has 0 unspecified atom stereocenters. The van der Waals surface area contributed by atoms with Gasteiger partial charge in [-0.25, -0.2) is 0 Å². The number of methoxy groups -OCH3 is 1. The summed E-state index contributed by atoms with van der Waals surface area (Å²) in [6, 6.07) is 1.97. The topological polar surface area (TPSA) is 62.6 Å². The van der Waals surface area contributed by atoms with Gasteiger partial charge in [-0.2, -0.15) is 5.26 Å². The van der Waals surface area contributed by atoms with Gasteiger partial charge in [-0.3, -0.25) is 4.79 Å². The smallest absolute Gasteiger partial charge is 0.249 e. The molecule has 0 aromatic rings. The van der Waals surface area contributed by atoms with Crippen LogP contribution in [0.15, 0.2) is 0 Å². The lowest BCUT2D eigenvalue weighted by molar-refractivity contribution is -0.137. The molecule has 0 aliphatic carbocycles. The molecule has 0 rings (SSSR count). The second kappa shape index (κ2) is 8.21. The molecule has 15 heavy (non-hydrogen) atoms. The van der Waals surface area contributed by atoms with Crippen molar-refractivity contribution in [3.8, 4) is 6.07 Å². The number of hydrogen-bond acceptors (Lipinski definition) is 4. The van der Waals surface area contributed by atoms with Gasteiger partial charge in [-0.15, -0.1) is 0 Å². The number of nitriles is 1. The highest BCUT2D eigenvalue weighted by molar-refractivity contribution is 5.77. The summed E-state index contributed by atoms with van der Waals surface area (Å²) >= 11 is 0. The van der Waals surface area contributed by atoms with E-state index in [0.717, 1.165) is 0 Å². The first-order valence-electron chi connectivity index (χ1n) is 4.86. The first kappa shape index (κ1) is 13.9. The molecule has 0 aliphatic rings. The average Bonchev–Trinajstić information content (AvgIpc) is 2.20. The minimum absolute atomic E-state index is 0.00319. The van der Waals surface area contributed by atoms with Crippen molar-refractivity contribution in [3.05, 3.63) is 0 Å². The average molecular weight is 214 g/mol. The zero-order valence-corrected chi connectivity index (χ0v) is 9.52. The summed E-state index contributed by atoms with van der Waals surface area (Å²) in [5.41, 5.74) is 0. The van der Waals surface area contributed by atoms with Crippen LogP contribution >= 0.6 is 0 Å². The van der Waals surface area contributed by atoms with E-state index in [1.54, 1.807) is 7.11 Å². The molecule has 0 radical (unpaired) electrons. The normalized spacial score (nSPS) is 10.1. The predicted molar refractivity (Wildman–Crippen MR) is 55.2 cm³/mol. The van der Waals surface area contributed by atoms with Gasteiger partial charge >= 0.3 is 0 Å². The quantitative estimate of drug-likeness (QED) is 0.455. The molecular weight excluding hydrogens is 196 g/mol. The van der Waals surface area contributed by atoms with Gasteiger partial charge in [0, 0.05) is 13.2 Å². The van der Waals surface area contributed by atoms with E-state index in [2.05, 4.69) is 0 Å². The van der Waals surface area contributed by atoms with E-state index in [9.17, 15) is 4.79 Å². The first-order chi connectivity index (χ1) is 7.13. The molecule has 0 heterocycles. The Balaban J connectivity index is 3.88. The van der Waals surface area contributed by atoms with Crippen molar-refractivity contribution in [2.75, 3.05) is 33.5 Å². The van der Waals surface area contributed by atoms with Crippen LogP contribution in [0.3, 0.4) is 0 Å². The highest BCUT2D eigenvalue weighted by Crippen LogP contribution is 1.98. The molecule has 0 N–H and O–H groups in total. The van der Waals surface area contributed by atoms with Crippen molar-refractivity contribution in [3.63, 3.8) is 0 Å². The molecule has 5 heteroatoms. The lowest BCUT2D eigenvalue weighted by Gasteiger charge is -2.23. The lowest BCUT2D eigenvalue weighted by Crippen LogP contribution is -2.39. The zero-order valence-electron chi connectivity index (χ0n) is 9.52. The number of carbonyl (C=O) groups is 1. The molecule has 0 bridgehead atoms. The first-order valence-corrected chi connectivity index (χ1v) is 4.86. The standard InChI is InChI=1S/C10H18N2O3/c1-9(2)12(5-4-11)10(13)8-15-7-6-14-3/h9H,5-8H2,1-3H3. The monoisotopic (exact) mass is 214 g/mol. The van der Waals surface area contributed by atoms with Crippen LogP contribution in [-0.2, 0) is 14.3 Å². The molecule has 0 fully saturated rings. The third-order valence-corrected chi connectivity index (χ3v) is 1.84. The summed E-state index contributed by atoms with van der Waals surface area (Å²) in [4.78, 5) is 13.0. The fraction of sp³-hybridized carbons (Fsp3) is 0.800. The van der Waals surface area contributed by atoms with Gasteiger partial charge in [0.2, 0.25) is 5.91 Å². The summed E-state index contributed by atoms with van der Waals surface area (Å²) in [7, 11) is 1.57. The third-order valence-electron chi connectivity index (χ3n) is 1.84. The molecule has 0 aromatic carbocycles. The van der Waals surface area contributed by atoms with Gasteiger partial charge in [0.15, 0.2) is 0 Å². The Morgan fingerprint density at radius 2 is 2.13 bits per heavy atom. The van der Waals surface area contributed by atoms with Gasteiger partial charge in [0.25, 0.3) is 0 Å². The summed E-state index contributed by atoms with van der Waals surface area (Å²) in [6.45, 7) is 4.69. The van der Waals surface area contributed by atoms with E-state index in [4.69, 9.17) is 14.7 Å². The van der Waals surface area contributed by atoms with Crippen LogP contribution in [-0.4, -0.2) is 50.3 Å². The van der Waals surface area contributed by atoms with Gasteiger partial charge in [-0.1, -0.05) is 0 Å². The zero-order chi connectivity index (χ0) is 11.7. The number of ether oxygens (including phenoxy) is 2. The molecule has 1 amide bonds. The van der Waals surface area contributed by atoms with Crippen LogP contribution in [0.1, 0.15) is 13.8 Å². The van der Waals surface area contributed by atoms with Crippen LogP contribution in [0.2, 0.25) is 0 Å². The number of nitrogens with zero attached hydrogens (tertiary/aromatic N) is 2. The highest BCUT2D eigenvalue weighted by atomic mass is 16.5. The van der Waals surface area contributed by atoms with E-state index in [0.29, 0.717) is 13.2 Å². The Morgan fingerprint density at radius 3 is 2.60 bits per heavy atom. The maximum absolute atomic E-state index is 11.5. The lowest BCUT2D eigenvalue weighted by atomic mass is 10.3. The Bertz CT molecular complexity index is 223. The van der Waals surface area contributed by atoms with Crippen molar-refractivity contribution >= 4 is 5.91 Å². The van der Waals surface area contributed by atoms with Crippen molar-refractivity contribution < 1.29 is 14.3 Å². The fourth-order valence-corrected chi connectivity index (χ4v) is 1.02.